The molecule has 0 radical (unpaired) electrons. The van der Waals surface area contributed by atoms with Crippen molar-refractivity contribution in [1.29, 1.82) is 0 Å². The Morgan fingerprint density at radius 1 is 1.21 bits per heavy atom. The summed E-state index contributed by atoms with van der Waals surface area (Å²) < 4.78 is 58.3. The zero-order chi connectivity index (χ0) is 29.6. The molecule has 0 saturated carbocycles. The molecule has 1 atom stereocenters. The number of nitrogens with zero attached hydrogens (tertiary/aromatic N) is 3. The molecule has 12 heteroatoms. The normalized spacial score (nSPS) is 16.3. The second-order valence-electron chi connectivity index (χ2n) is 10.1. The second kappa shape index (κ2) is 10.8. The van der Waals surface area contributed by atoms with Gasteiger partial charge in [0.05, 0.1) is 28.1 Å². The Kier molecular flexibility index (Phi) is 7.09. The van der Waals surface area contributed by atoms with E-state index in [0.717, 1.165) is 17.2 Å². The summed E-state index contributed by atoms with van der Waals surface area (Å²) in [6.45, 7) is 2.33. The number of halogens is 3. The Balaban J connectivity index is 1.35. The van der Waals surface area contributed by atoms with Crippen LogP contribution in [0, 0.1) is 17.5 Å². The number of aliphatic carboxylic acids is 1. The first-order valence-corrected chi connectivity index (χ1v) is 14.3. The number of hydrogen-bond donors (Lipinski definition) is 2. The lowest BCUT2D eigenvalue weighted by atomic mass is 9.84. The number of hydrogen-bond acceptors (Lipinski definition) is 6. The molecule has 3 aromatic carbocycles. The van der Waals surface area contributed by atoms with Crippen LogP contribution < -0.4 is 9.47 Å². The molecule has 0 unspecified atom stereocenters. The molecule has 0 aliphatic carbocycles. The van der Waals surface area contributed by atoms with E-state index in [2.05, 4.69) is 15.1 Å². The molecule has 0 amide bonds. The van der Waals surface area contributed by atoms with Crippen LogP contribution >= 0.6 is 11.8 Å². The monoisotopic (exact) mass is 594 g/mol. The highest BCUT2D eigenvalue weighted by Crippen LogP contribution is 2.43. The summed E-state index contributed by atoms with van der Waals surface area (Å²) in [6, 6.07) is 11.0. The van der Waals surface area contributed by atoms with Crippen LogP contribution in [0.3, 0.4) is 0 Å². The molecule has 8 nitrogen and oxygen atoms in total. The van der Waals surface area contributed by atoms with Crippen LogP contribution in [0.15, 0.2) is 59.9 Å². The Bertz CT molecular complexity index is 1840. The number of fused-ring (bicyclic) bond motifs is 2. The zero-order valence-corrected chi connectivity index (χ0v) is 23.4. The molecule has 0 saturated heterocycles. The molecule has 3 heterocycles. The number of carboxylic acids is 1. The molecule has 6 rings (SSSR count). The largest absolute Gasteiger partial charge is 0.493 e. The fourth-order valence-electron chi connectivity index (χ4n) is 5.29. The number of H-pyrrole nitrogens is 1. The van der Waals surface area contributed by atoms with Crippen molar-refractivity contribution in [2.24, 2.45) is 0 Å². The van der Waals surface area contributed by atoms with Gasteiger partial charge in [-0.1, -0.05) is 18.2 Å². The van der Waals surface area contributed by atoms with Gasteiger partial charge in [0.25, 0.3) is 0 Å². The minimum Gasteiger partial charge on any atom is -0.493 e. The first-order valence-electron chi connectivity index (χ1n) is 13.1. The molecule has 0 bridgehead atoms. The van der Waals surface area contributed by atoms with Crippen molar-refractivity contribution in [3.05, 3.63) is 83.6 Å². The van der Waals surface area contributed by atoms with Crippen molar-refractivity contribution >= 4 is 28.6 Å². The van der Waals surface area contributed by atoms with Gasteiger partial charge in [-0.25, -0.2) is 18.4 Å². The highest BCUT2D eigenvalue weighted by Gasteiger charge is 2.37. The summed E-state index contributed by atoms with van der Waals surface area (Å²) >= 11 is 1.20. The minimum absolute atomic E-state index is 0.0200. The summed E-state index contributed by atoms with van der Waals surface area (Å²) in [5.74, 6) is -3.27. The van der Waals surface area contributed by atoms with Crippen LogP contribution in [0.5, 0.6) is 17.2 Å². The summed E-state index contributed by atoms with van der Waals surface area (Å²) in [6.07, 6.45) is 5.57. The van der Waals surface area contributed by atoms with Crippen LogP contribution in [-0.2, 0) is 16.8 Å². The molecule has 0 fully saturated rings. The smallest absolute Gasteiger partial charge is 0.303 e. The molecule has 0 spiro atoms. The van der Waals surface area contributed by atoms with Crippen molar-refractivity contribution in [1.82, 2.24) is 19.7 Å². The van der Waals surface area contributed by atoms with Gasteiger partial charge >= 0.3 is 5.97 Å². The van der Waals surface area contributed by atoms with E-state index >= 15 is 8.78 Å². The number of thioether (sulfide) groups is 1. The van der Waals surface area contributed by atoms with Crippen LogP contribution in [0.1, 0.15) is 30.9 Å². The van der Waals surface area contributed by atoms with Gasteiger partial charge in [0.15, 0.2) is 17.4 Å². The third-order valence-electron chi connectivity index (χ3n) is 7.53. The van der Waals surface area contributed by atoms with Gasteiger partial charge in [0, 0.05) is 30.0 Å². The lowest BCUT2D eigenvalue weighted by Crippen LogP contribution is -2.37. The third-order valence-corrected chi connectivity index (χ3v) is 8.34. The number of aromatic amines is 1. The van der Waals surface area contributed by atoms with Crippen molar-refractivity contribution in [3.8, 4) is 28.6 Å². The van der Waals surface area contributed by atoms with Crippen molar-refractivity contribution in [3.63, 3.8) is 0 Å². The molecule has 42 heavy (non-hydrogen) atoms. The number of carbonyl (C=O) groups is 1. The van der Waals surface area contributed by atoms with E-state index in [-0.39, 0.29) is 34.8 Å². The van der Waals surface area contributed by atoms with Gasteiger partial charge in [0.1, 0.15) is 23.6 Å². The van der Waals surface area contributed by atoms with E-state index in [9.17, 15) is 9.18 Å². The van der Waals surface area contributed by atoms with Gasteiger partial charge in [-0.15, -0.1) is 16.9 Å². The topological polar surface area (TPSA) is 102 Å². The summed E-state index contributed by atoms with van der Waals surface area (Å²) in [4.78, 5) is 18.6. The number of aromatic nitrogens is 4. The highest BCUT2D eigenvalue weighted by molar-refractivity contribution is 7.99. The van der Waals surface area contributed by atoms with E-state index in [1.165, 1.54) is 36.4 Å². The number of carboxylic acid groups (broad SMARTS) is 1. The molecule has 1 aliphatic heterocycles. The van der Waals surface area contributed by atoms with Crippen LogP contribution in [0.25, 0.3) is 22.3 Å². The number of benzene rings is 3. The van der Waals surface area contributed by atoms with E-state index in [4.69, 9.17) is 14.6 Å². The first kappa shape index (κ1) is 27.7. The minimum atomic E-state index is -1.16. The summed E-state index contributed by atoms with van der Waals surface area (Å²) in [5.41, 5.74) is 0.946. The summed E-state index contributed by atoms with van der Waals surface area (Å²) in [5, 5.41) is 14.2. The van der Waals surface area contributed by atoms with Crippen molar-refractivity contribution in [2.75, 3.05) is 12.9 Å². The Labute approximate surface area is 242 Å². The van der Waals surface area contributed by atoms with Gasteiger partial charge < -0.3 is 19.6 Å². The standard InChI is InChI=1S/C30H25F3N4O4S/c1-30(11-13-40-26-16(6-9-22(38)39)4-3-5-20(26)30)37-15-35-29(36-37)19-14-17(7-8-21(19)31)41-27-24(33)23(32)25-18(10-12-34-25)28(27)42-2/h3-5,7-8,10,12,14-15,34H,6,9,11,13H2,1-2H3,(H,38,39)/t30-/m1/s1. The number of rotatable bonds is 8. The van der Waals surface area contributed by atoms with Crippen molar-refractivity contribution in [2.45, 2.75) is 36.6 Å². The fourth-order valence-corrected chi connectivity index (χ4v) is 6.00. The maximum Gasteiger partial charge on any atom is 0.303 e. The first-order chi connectivity index (χ1) is 20.2. The summed E-state index contributed by atoms with van der Waals surface area (Å²) in [7, 11) is 0. The Morgan fingerprint density at radius 2 is 2.05 bits per heavy atom. The molecule has 2 aromatic heterocycles. The number of para-hydroxylation sites is 1. The van der Waals surface area contributed by atoms with Crippen LogP contribution in [-0.4, -0.2) is 43.7 Å². The number of aryl methyl sites for hydroxylation is 1. The highest BCUT2D eigenvalue weighted by atomic mass is 32.2. The molecule has 1 aliphatic rings. The Hall–Kier alpha value is -4.45. The molecule has 2 N–H and O–H groups in total. The molecular formula is C30H25F3N4O4S. The number of nitrogens with one attached hydrogen (secondary N) is 1. The maximum atomic E-state index is 15.1. The Morgan fingerprint density at radius 3 is 2.83 bits per heavy atom. The van der Waals surface area contributed by atoms with Crippen molar-refractivity contribution < 1.29 is 32.5 Å². The van der Waals surface area contributed by atoms with Gasteiger partial charge in [0.2, 0.25) is 5.82 Å². The predicted octanol–water partition coefficient (Wildman–Crippen LogP) is 6.92. The third kappa shape index (κ3) is 4.65. The molecule has 216 valence electrons. The van der Waals surface area contributed by atoms with E-state index in [1.807, 2.05) is 25.1 Å². The lowest BCUT2D eigenvalue weighted by Gasteiger charge is -2.36. The molecule has 5 aromatic rings. The van der Waals surface area contributed by atoms with Crippen LogP contribution in [0.4, 0.5) is 13.2 Å². The van der Waals surface area contributed by atoms with E-state index < -0.39 is 29.0 Å². The SMILES string of the molecule is CSc1c(Oc2ccc(F)c(-c3ncn([C@]4(C)CCOc5c(CCC(=O)O)cccc54)n3)c2)c(F)c(F)c2[nH]ccc12. The second-order valence-corrected chi connectivity index (χ2v) is 10.9. The van der Waals surface area contributed by atoms with Gasteiger partial charge in [-0.2, -0.15) is 4.39 Å². The quantitative estimate of drug-likeness (QED) is 0.188. The molecular weight excluding hydrogens is 569 g/mol. The lowest BCUT2D eigenvalue weighted by molar-refractivity contribution is -0.136. The number of ether oxygens (including phenoxy) is 2. The average molecular weight is 595 g/mol. The average Bonchev–Trinajstić information content (AvgIpc) is 3.67. The predicted molar refractivity (Wildman–Crippen MR) is 151 cm³/mol. The van der Waals surface area contributed by atoms with Crippen LogP contribution in [0.2, 0.25) is 0 Å². The van der Waals surface area contributed by atoms with Gasteiger partial charge in [-0.3, -0.25) is 4.79 Å². The zero-order valence-electron chi connectivity index (χ0n) is 22.6. The van der Waals surface area contributed by atoms with Gasteiger partial charge in [-0.05, 0) is 49.4 Å². The maximum absolute atomic E-state index is 15.1. The fraction of sp³-hybridized carbons (Fsp3) is 0.233. The van der Waals surface area contributed by atoms with E-state index in [0.29, 0.717) is 35.5 Å². The van der Waals surface area contributed by atoms with E-state index in [1.54, 1.807) is 17.0 Å².